The van der Waals surface area contributed by atoms with E-state index in [0.717, 1.165) is 31.0 Å². The van der Waals surface area contributed by atoms with Crippen LogP contribution < -0.4 is 11.1 Å². The second kappa shape index (κ2) is 15.9. The third-order valence-electron chi connectivity index (χ3n) is 6.98. The molecular formula is C33H40F2N4O5. The molecule has 0 bridgehead atoms. The number of aliphatic hydroxyl groups is 1. The van der Waals surface area contributed by atoms with Crippen LogP contribution in [0.2, 0.25) is 0 Å². The van der Waals surface area contributed by atoms with E-state index in [-0.39, 0.29) is 36.5 Å². The van der Waals surface area contributed by atoms with Crippen LogP contribution in [0.4, 0.5) is 19.3 Å². The lowest BCUT2D eigenvalue weighted by Gasteiger charge is -2.29. The van der Waals surface area contributed by atoms with Crippen molar-refractivity contribution in [3.8, 4) is 0 Å². The lowest BCUT2D eigenvalue weighted by atomic mass is 10.00. The van der Waals surface area contributed by atoms with Gasteiger partial charge in [-0.25, -0.2) is 13.6 Å². The molecule has 9 nitrogen and oxygen atoms in total. The van der Waals surface area contributed by atoms with Crippen molar-refractivity contribution in [2.75, 3.05) is 25.0 Å². The van der Waals surface area contributed by atoms with Crippen molar-refractivity contribution < 1.29 is 33.4 Å². The van der Waals surface area contributed by atoms with E-state index in [0.29, 0.717) is 35.5 Å². The summed E-state index contributed by atoms with van der Waals surface area (Å²) >= 11 is 0. The van der Waals surface area contributed by atoms with Crippen LogP contribution in [-0.4, -0.2) is 69.7 Å². The van der Waals surface area contributed by atoms with Crippen LogP contribution in [0.1, 0.15) is 64.1 Å². The van der Waals surface area contributed by atoms with E-state index in [1.807, 2.05) is 13.8 Å². The number of nitrogens with one attached hydrogen (secondary N) is 1. The lowest BCUT2D eigenvalue weighted by molar-refractivity contribution is 0.0554. The van der Waals surface area contributed by atoms with Gasteiger partial charge in [0.2, 0.25) is 0 Å². The van der Waals surface area contributed by atoms with Crippen LogP contribution >= 0.6 is 0 Å². The number of nitrogens with zero attached hydrogens (tertiary/aromatic N) is 2. The van der Waals surface area contributed by atoms with Crippen molar-refractivity contribution in [1.82, 2.24) is 9.80 Å². The van der Waals surface area contributed by atoms with E-state index < -0.39 is 35.8 Å². The van der Waals surface area contributed by atoms with Gasteiger partial charge in [0.05, 0.1) is 6.10 Å². The number of carbonyl (C=O) groups is 3. The van der Waals surface area contributed by atoms with Gasteiger partial charge in [-0.05, 0) is 85.3 Å². The minimum atomic E-state index is -1.29. The van der Waals surface area contributed by atoms with Crippen LogP contribution in [0.15, 0.2) is 60.7 Å². The molecule has 44 heavy (non-hydrogen) atoms. The molecule has 0 saturated carbocycles. The van der Waals surface area contributed by atoms with E-state index in [1.54, 1.807) is 48.2 Å². The molecule has 0 saturated heterocycles. The standard InChI is InChI=1S/C33H40F2N4O5/c1-4-9-38(10-5-2)31(41)24-11-21(3)12-25(17-24)32(42)39(19-22-7-6-8-28(15-22)37-33(43)44)20-30(40)29(36)16-23-13-26(34)18-27(35)14-23/h6-8,11-15,17-18,29-30,37,40H,4-5,9-10,16,19-20,36H2,1-3H3,(H,43,44)/t29-,30+/m0/s1. The first-order valence-electron chi connectivity index (χ1n) is 14.6. The molecule has 0 radical (unpaired) electrons. The summed E-state index contributed by atoms with van der Waals surface area (Å²) in [6.45, 7) is 6.64. The molecule has 5 N–H and O–H groups in total. The normalized spacial score (nSPS) is 12.3. The zero-order valence-corrected chi connectivity index (χ0v) is 25.2. The molecule has 0 heterocycles. The fourth-order valence-electron chi connectivity index (χ4n) is 5.06. The van der Waals surface area contributed by atoms with E-state index >= 15 is 0 Å². The average molecular weight is 611 g/mol. The largest absolute Gasteiger partial charge is 0.465 e. The van der Waals surface area contributed by atoms with Crippen LogP contribution in [0.25, 0.3) is 0 Å². The average Bonchev–Trinajstić information content (AvgIpc) is 2.94. The summed E-state index contributed by atoms with van der Waals surface area (Å²) < 4.78 is 27.5. The maximum Gasteiger partial charge on any atom is 0.409 e. The predicted molar refractivity (Wildman–Crippen MR) is 165 cm³/mol. The highest BCUT2D eigenvalue weighted by Crippen LogP contribution is 2.20. The number of amides is 3. The Morgan fingerprint density at radius 2 is 1.45 bits per heavy atom. The molecular weight excluding hydrogens is 570 g/mol. The first-order chi connectivity index (χ1) is 20.9. The van der Waals surface area contributed by atoms with Crippen molar-refractivity contribution in [3.63, 3.8) is 0 Å². The molecule has 0 aliphatic carbocycles. The molecule has 236 valence electrons. The molecule has 0 aliphatic heterocycles. The monoisotopic (exact) mass is 610 g/mol. The van der Waals surface area contributed by atoms with Crippen LogP contribution in [-0.2, 0) is 13.0 Å². The van der Waals surface area contributed by atoms with Crippen LogP contribution in [0, 0.1) is 18.6 Å². The second-order valence-electron chi connectivity index (χ2n) is 10.9. The van der Waals surface area contributed by atoms with E-state index in [2.05, 4.69) is 5.32 Å². The number of carbonyl (C=O) groups excluding carboxylic acids is 2. The molecule has 3 aromatic carbocycles. The van der Waals surface area contributed by atoms with Gasteiger partial charge in [-0.15, -0.1) is 0 Å². The fraction of sp³-hybridized carbons (Fsp3) is 0.364. The third-order valence-corrected chi connectivity index (χ3v) is 6.98. The Morgan fingerprint density at radius 1 is 0.864 bits per heavy atom. The number of halogens is 2. The third kappa shape index (κ3) is 9.85. The minimum absolute atomic E-state index is 0.0264. The number of aryl methyl sites for hydroxylation is 1. The summed E-state index contributed by atoms with van der Waals surface area (Å²) in [5.74, 6) is -2.21. The first-order valence-corrected chi connectivity index (χ1v) is 14.6. The van der Waals surface area contributed by atoms with Gasteiger partial charge in [0, 0.05) is 55.1 Å². The Kier molecular flexibility index (Phi) is 12.4. The number of hydrogen-bond donors (Lipinski definition) is 4. The zero-order valence-electron chi connectivity index (χ0n) is 25.2. The molecule has 0 unspecified atom stereocenters. The molecule has 0 fully saturated rings. The summed E-state index contributed by atoms with van der Waals surface area (Å²) in [6.07, 6.45) is -1.02. The van der Waals surface area contributed by atoms with Crippen molar-refractivity contribution in [2.45, 2.75) is 58.7 Å². The lowest BCUT2D eigenvalue weighted by Crippen LogP contribution is -2.46. The number of rotatable bonds is 14. The van der Waals surface area contributed by atoms with Crippen molar-refractivity contribution in [2.24, 2.45) is 5.73 Å². The molecule has 3 amide bonds. The predicted octanol–water partition coefficient (Wildman–Crippen LogP) is 5.20. The van der Waals surface area contributed by atoms with Crippen LogP contribution in [0.5, 0.6) is 0 Å². The summed E-state index contributed by atoms with van der Waals surface area (Å²) in [4.78, 5) is 41.6. The van der Waals surface area contributed by atoms with Crippen molar-refractivity contribution in [1.29, 1.82) is 0 Å². The topological polar surface area (TPSA) is 136 Å². The van der Waals surface area contributed by atoms with Crippen LogP contribution in [0.3, 0.4) is 0 Å². The Hall–Kier alpha value is -4.35. The Morgan fingerprint density at radius 3 is 2.02 bits per heavy atom. The summed E-state index contributed by atoms with van der Waals surface area (Å²) in [5, 5.41) is 22.5. The van der Waals surface area contributed by atoms with Gasteiger partial charge >= 0.3 is 6.09 Å². The van der Waals surface area contributed by atoms with Gasteiger partial charge in [-0.2, -0.15) is 0 Å². The van der Waals surface area contributed by atoms with Crippen molar-refractivity contribution >= 4 is 23.6 Å². The highest BCUT2D eigenvalue weighted by Gasteiger charge is 2.26. The van der Waals surface area contributed by atoms with E-state index in [4.69, 9.17) is 10.8 Å². The smallest absolute Gasteiger partial charge is 0.409 e. The Bertz CT molecular complexity index is 1440. The fourth-order valence-corrected chi connectivity index (χ4v) is 5.06. The summed E-state index contributed by atoms with van der Waals surface area (Å²) in [6, 6.07) is 13.4. The number of anilines is 1. The Balaban J connectivity index is 1.93. The Labute approximate surface area is 256 Å². The van der Waals surface area contributed by atoms with Gasteiger partial charge in [0.25, 0.3) is 11.8 Å². The molecule has 0 aromatic heterocycles. The molecule has 2 atom stereocenters. The maximum absolute atomic E-state index is 14.0. The molecule has 3 aromatic rings. The van der Waals surface area contributed by atoms with Gasteiger partial charge in [-0.1, -0.05) is 26.0 Å². The minimum Gasteiger partial charge on any atom is -0.465 e. The van der Waals surface area contributed by atoms with Gasteiger partial charge in [-0.3, -0.25) is 14.9 Å². The zero-order chi connectivity index (χ0) is 32.4. The molecule has 0 aliphatic rings. The molecule has 3 rings (SSSR count). The van der Waals surface area contributed by atoms with E-state index in [9.17, 15) is 28.3 Å². The molecule has 0 spiro atoms. The second-order valence-corrected chi connectivity index (χ2v) is 10.9. The summed E-state index contributed by atoms with van der Waals surface area (Å²) in [7, 11) is 0. The number of aliphatic hydroxyl groups excluding tert-OH is 1. The van der Waals surface area contributed by atoms with Gasteiger partial charge in [0.15, 0.2) is 0 Å². The van der Waals surface area contributed by atoms with Gasteiger partial charge < -0.3 is 25.7 Å². The highest BCUT2D eigenvalue weighted by molar-refractivity contribution is 6.00. The van der Waals surface area contributed by atoms with Crippen molar-refractivity contribution in [3.05, 3.63) is 100 Å². The quantitative estimate of drug-likeness (QED) is 0.198. The SMILES string of the molecule is CCCN(CCC)C(=O)c1cc(C)cc(C(=O)N(Cc2cccc(NC(=O)O)c2)C[C@@H](O)[C@@H](N)Cc2cc(F)cc(F)c2)c1. The molecule has 11 heteroatoms. The maximum atomic E-state index is 14.0. The highest BCUT2D eigenvalue weighted by atomic mass is 19.1. The number of nitrogens with two attached hydrogens (primary N) is 1. The number of hydrogen-bond acceptors (Lipinski definition) is 5. The first kappa shape index (κ1) is 34.1. The summed E-state index contributed by atoms with van der Waals surface area (Å²) in [5.41, 5.74) is 8.64. The van der Waals surface area contributed by atoms with Gasteiger partial charge in [0.1, 0.15) is 11.6 Å². The number of carboxylic acid groups (broad SMARTS) is 1. The van der Waals surface area contributed by atoms with E-state index in [1.165, 1.54) is 11.0 Å². The number of benzene rings is 3.